The van der Waals surface area contributed by atoms with Gasteiger partial charge in [0.25, 0.3) is 0 Å². The van der Waals surface area contributed by atoms with Crippen molar-refractivity contribution in [3.63, 3.8) is 0 Å². The van der Waals surface area contributed by atoms with Crippen molar-refractivity contribution in [2.45, 2.75) is 45.6 Å². The molecule has 1 aliphatic rings. The van der Waals surface area contributed by atoms with Gasteiger partial charge in [-0.3, -0.25) is 4.68 Å². The molecule has 4 heteroatoms. The van der Waals surface area contributed by atoms with Gasteiger partial charge in [0.2, 0.25) is 0 Å². The number of nitrogens with zero attached hydrogens (tertiary/aromatic N) is 3. The van der Waals surface area contributed by atoms with Gasteiger partial charge in [-0.1, -0.05) is 25.7 Å². The molecule has 1 fully saturated rings. The van der Waals surface area contributed by atoms with Crippen LogP contribution in [0.15, 0.2) is 12.3 Å². The summed E-state index contributed by atoms with van der Waals surface area (Å²) in [5.74, 6) is 0.962. The van der Waals surface area contributed by atoms with Crippen molar-refractivity contribution in [2.75, 3.05) is 6.54 Å². The van der Waals surface area contributed by atoms with Crippen LogP contribution in [0, 0.1) is 12.8 Å². The van der Waals surface area contributed by atoms with Crippen LogP contribution in [0.5, 0.6) is 0 Å². The first kappa shape index (κ1) is 13.6. The van der Waals surface area contributed by atoms with E-state index in [4.69, 9.17) is 0 Å². The van der Waals surface area contributed by atoms with Crippen molar-refractivity contribution < 1.29 is 0 Å². The summed E-state index contributed by atoms with van der Waals surface area (Å²) in [6.07, 6.45) is 9.03. The van der Waals surface area contributed by atoms with Crippen molar-refractivity contribution in [1.82, 2.24) is 20.1 Å². The van der Waals surface area contributed by atoms with Crippen molar-refractivity contribution in [3.05, 3.63) is 23.5 Å². The molecule has 3 rings (SSSR count). The molecule has 1 saturated carbocycles. The molecular formula is C16H24N4. The SMILES string of the molecule is Cc1nn(C)c2ncc(CNCCC3CCCC3)cc12. The fraction of sp³-hybridized carbons (Fsp3) is 0.625. The van der Waals surface area contributed by atoms with Crippen LogP contribution >= 0.6 is 0 Å². The Hall–Kier alpha value is -1.42. The van der Waals surface area contributed by atoms with Gasteiger partial charge in [0.15, 0.2) is 5.65 Å². The maximum Gasteiger partial charge on any atom is 0.157 e. The number of aryl methyl sites for hydroxylation is 2. The largest absolute Gasteiger partial charge is 0.313 e. The van der Waals surface area contributed by atoms with Gasteiger partial charge >= 0.3 is 0 Å². The Kier molecular flexibility index (Phi) is 4.01. The summed E-state index contributed by atoms with van der Waals surface area (Å²) >= 11 is 0. The van der Waals surface area contributed by atoms with E-state index in [9.17, 15) is 0 Å². The van der Waals surface area contributed by atoms with E-state index >= 15 is 0 Å². The smallest absolute Gasteiger partial charge is 0.157 e. The van der Waals surface area contributed by atoms with Crippen molar-refractivity contribution in [3.8, 4) is 0 Å². The van der Waals surface area contributed by atoms with Crippen LogP contribution in [0.2, 0.25) is 0 Å². The van der Waals surface area contributed by atoms with Gasteiger partial charge < -0.3 is 5.32 Å². The van der Waals surface area contributed by atoms with Crippen molar-refractivity contribution in [1.29, 1.82) is 0 Å². The highest BCUT2D eigenvalue weighted by molar-refractivity contribution is 5.78. The standard InChI is InChI=1S/C16H24N4/c1-12-15-9-14(11-18-16(15)20(2)19-12)10-17-8-7-13-5-3-4-6-13/h9,11,13,17H,3-8,10H2,1-2H3. The van der Waals surface area contributed by atoms with Gasteiger partial charge in [-0.15, -0.1) is 0 Å². The second kappa shape index (κ2) is 5.92. The molecule has 1 aliphatic carbocycles. The molecule has 0 amide bonds. The lowest BCUT2D eigenvalue weighted by Crippen LogP contribution is -2.17. The predicted octanol–water partition coefficient (Wildman–Crippen LogP) is 2.95. The Morgan fingerprint density at radius 1 is 1.35 bits per heavy atom. The van der Waals surface area contributed by atoms with Crippen molar-refractivity contribution in [2.24, 2.45) is 13.0 Å². The fourth-order valence-electron chi connectivity index (χ4n) is 3.29. The highest BCUT2D eigenvalue weighted by Gasteiger charge is 2.14. The molecule has 1 N–H and O–H groups in total. The Morgan fingerprint density at radius 2 is 2.15 bits per heavy atom. The minimum Gasteiger partial charge on any atom is -0.313 e. The summed E-state index contributed by atoms with van der Waals surface area (Å²) < 4.78 is 1.85. The zero-order valence-electron chi connectivity index (χ0n) is 12.5. The average Bonchev–Trinajstić information content (AvgIpc) is 3.05. The highest BCUT2D eigenvalue weighted by Crippen LogP contribution is 2.26. The minimum atomic E-state index is 0.907. The van der Waals surface area contributed by atoms with E-state index < -0.39 is 0 Å². The van der Waals surface area contributed by atoms with Gasteiger partial charge in [0, 0.05) is 25.2 Å². The zero-order chi connectivity index (χ0) is 13.9. The Bertz CT molecular complexity index is 581. The number of aromatic nitrogens is 3. The normalized spacial score (nSPS) is 16.3. The molecule has 0 radical (unpaired) electrons. The summed E-state index contributed by atoms with van der Waals surface area (Å²) in [4.78, 5) is 4.52. The van der Waals surface area contributed by atoms with E-state index in [0.29, 0.717) is 0 Å². The monoisotopic (exact) mass is 272 g/mol. The summed E-state index contributed by atoms with van der Waals surface area (Å²) in [7, 11) is 1.95. The van der Waals surface area contributed by atoms with Gasteiger partial charge in [-0.05, 0) is 37.4 Å². The zero-order valence-corrected chi connectivity index (χ0v) is 12.5. The second-order valence-electron chi connectivity index (χ2n) is 6.04. The number of hydrogen-bond donors (Lipinski definition) is 1. The first-order valence-electron chi connectivity index (χ1n) is 7.73. The lowest BCUT2D eigenvalue weighted by Gasteiger charge is -2.09. The lowest BCUT2D eigenvalue weighted by molar-refractivity contribution is 0.477. The van der Waals surface area contributed by atoms with Crippen LogP contribution in [0.1, 0.15) is 43.4 Å². The van der Waals surface area contributed by atoms with Gasteiger partial charge in [-0.2, -0.15) is 5.10 Å². The van der Waals surface area contributed by atoms with E-state index in [0.717, 1.165) is 30.3 Å². The molecule has 20 heavy (non-hydrogen) atoms. The number of fused-ring (bicyclic) bond motifs is 1. The highest BCUT2D eigenvalue weighted by atomic mass is 15.3. The molecule has 4 nitrogen and oxygen atoms in total. The minimum absolute atomic E-state index is 0.907. The molecule has 0 atom stereocenters. The number of hydrogen-bond acceptors (Lipinski definition) is 3. The van der Waals surface area contributed by atoms with Crippen LogP contribution in [-0.2, 0) is 13.6 Å². The molecule has 0 aliphatic heterocycles. The molecule has 0 bridgehead atoms. The van der Waals surface area contributed by atoms with Gasteiger partial charge in [0.05, 0.1) is 5.69 Å². The van der Waals surface area contributed by atoms with Crippen LogP contribution in [-0.4, -0.2) is 21.3 Å². The van der Waals surface area contributed by atoms with Crippen LogP contribution in [0.4, 0.5) is 0 Å². The number of pyridine rings is 1. The third-order valence-electron chi connectivity index (χ3n) is 4.45. The number of rotatable bonds is 5. The third kappa shape index (κ3) is 2.85. The predicted molar refractivity (Wildman–Crippen MR) is 81.5 cm³/mol. The van der Waals surface area contributed by atoms with E-state index in [1.54, 1.807) is 0 Å². The van der Waals surface area contributed by atoms with Crippen LogP contribution in [0.25, 0.3) is 11.0 Å². The number of nitrogens with one attached hydrogen (secondary N) is 1. The molecule has 2 aromatic heterocycles. The molecule has 0 unspecified atom stereocenters. The molecular weight excluding hydrogens is 248 g/mol. The van der Waals surface area contributed by atoms with Gasteiger partial charge in [-0.25, -0.2) is 4.98 Å². The maximum atomic E-state index is 4.52. The van der Waals surface area contributed by atoms with E-state index in [1.807, 2.05) is 24.9 Å². The second-order valence-corrected chi connectivity index (χ2v) is 6.04. The first-order chi connectivity index (χ1) is 9.74. The topological polar surface area (TPSA) is 42.7 Å². The van der Waals surface area contributed by atoms with E-state index in [2.05, 4.69) is 21.5 Å². The Morgan fingerprint density at radius 3 is 2.95 bits per heavy atom. The van der Waals surface area contributed by atoms with E-state index in [-0.39, 0.29) is 0 Å². The van der Waals surface area contributed by atoms with Crippen LogP contribution in [0.3, 0.4) is 0 Å². The summed E-state index contributed by atoms with van der Waals surface area (Å²) in [6.45, 7) is 4.07. The van der Waals surface area contributed by atoms with E-state index in [1.165, 1.54) is 43.1 Å². The summed E-state index contributed by atoms with van der Waals surface area (Å²) in [5, 5.41) is 9.14. The Balaban J connectivity index is 1.56. The summed E-state index contributed by atoms with van der Waals surface area (Å²) in [6, 6.07) is 2.22. The molecule has 0 spiro atoms. The molecule has 2 aromatic rings. The Labute approximate surface area is 120 Å². The fourth-order valence-corrected chi connectivity index (χ4v) is 3.29. The molecule has 0 saturated heterocycles. The molecule has 2 heterocycles. The van der Waals surface area contributed by atoms with Gasteiger partial charge in [0.1, 0.15) is 0 Å². The molecule has 0 aromatic carbocycles. The van der Waals surface area contributed by atoms with Crippen LogP contribution < -0.4 is 5.32 Å². The average molecular weight is 272 g/mol. The summed E-state index contributed by atoms with van der Waals surface area (Å²) in [5.41, 5.74) is 3.28. The molecule has 108 valence electrons. The van der Waals surface area contributed by atoms with Crippen molar-refractivity contribution >= 4 is 11.0 Å². The quantitative estimate of drug-likeness (QED) is 0.851. The lowest BCUT2D eigenvalue weighted by atomic mass is 10.0. The third-order valence-corrected chi connectivity index (χ3v) is 4.45. The maximum absolute atomic E-state index is 4.52. The first-order valence-corrected chi connectivity index (χ1v) is 7.73.